The first-order valence-electron chi connectivity index (χ1n) is 10.9. The lowest BCUT2D eigenvalue weighted by Gasteiger charge is -2.39. The molecular weight excluding hydrogens is 438 g/mol. The summed E-state index contributed by atoms with van der Waals surface area (Å²) in [5.74, 6) is -1.63. The lowest BCUT2D eigenvalue weighted by atomic mass is 9.85. The number of amides is 3. The van der Waals surface area contributed by atoms with Crippen molar-refractivity contribution in [1.29, 1.82) is 0 Å². The number of hydrogen-bond donors (Lipinski definition) is 0. The van der Waals surface area contributed by atoms with E-state index in [0.29, 0.717) is 22.8 Å². The van der Waals surface area contributed by atoms with Crippen molar-refractivity contribution in [3.8, 4) is 0 Å². The van der Waals surface area contributed by atoms with E-state index < -0.39 is 12.0 Å². The van der Waals surface area contributed by atoms with E-state index in [1.54, 1.807) is 48.5 Å². The minimum Gasteiger partial charge on any atom is -0.274 e. The third-order valence-electron chi connectivity index (χ3n) is 6.82. The second kappa shape index (κ2) is 7.54. The molecule has 2 fully saturated rings. The molecule has 6 rings (SSSR count). The van der Waals surface area contributed by atoms with Crippen molar-refractivity contribution >= 4 is 35.0 Å². The molecule has 0 bridgehead atoms. The SMILES string of the molecule is O=C1[C@H]2[C@@H](C(=O)N1c1ccc(Cl)cc1)N(C(=O)c1ccccc1)N1CCc3ccccc3[C@@H]21. The fraction of sp³-hybridized carbons (Fsp3) is 0.192. The zero-order valence-corrected chi connectivity index (χ0v) is 18.4. The van der Waals surface area contributed by atoms with Crippen LogP contribution in [0.15, 0.2) is 78.9 Å². The summed E-state index contributed by atoms with van der Waals surface area (Å²) in [5.41, 5.74) is 3.10. The van der Waals surface area contributed by atoms with Crippen LogP contribution in [0.5, 0.6) is 0 Å². The highest BCUT2D eigenvalue weighted by Crippen LogP contribution is 2.50. The number of carbonyl (C=O) groups excluding carboxylic acids is 3. The number of benzene rings is 3. The zero-order chi connectivity index (χ0) is 22.7. The van der Waals surface area contributed by atoms with Gasteiger partial charge in [-0.2, -0.15) is 0 Å². The fourth-order valence-corrected chi connectivity index (χ4v) is 5.54. The van der Waals surface area contributed by atoms with Gasteiger partial charge in [0.05, 0.1) is 17.6 Å². The molecule has 7 heteroatoms. The molecule has 3 aliphatic heterocycles. The van der Waals surface area contributed by atoms with Gasteiger partial charge < -0.3 is 0 Å². The van der Waals surface area contributed by atoms with E-state index in [9.17, 15) is 14.4 Å². The lowest BCUT2D eigenvalue weighted by molar-refractivity contribution is -0.126. The maximum atomic E-state index is 13.8. The Balaban J connectivity index is 1.49. The van der Waals surface area contributed by atoms with Gasteiger partial charge in [0.2, 0.25) is 5.91 Å². The van der Waals surface area contributed by atoms with E-state index in [1.807, 2.05) is 29.3 Å². The van der Waals surface area contributed by atoms with Gasteiger partial charge in [-0.05, 0) is 53.9 Å². The Bertz CT molecular complexity index is 1280. The molecule has 0 radical (unpaired) electrons. The fourth-order valence-electron chi connectivity index (χ4n) is 5.41. The van der Waals surface area contributed by atoms with E-state index in [1.165, 1.54) is 9.91 Å². The molecule has 0 spiro atoms. The molecule has 3 aromatic carbocycles. The summed E-state index contributed by atoms with van der Waals surface area (Å²) in [6, 6.07) is 22.3. The van der Waals surface area contributed by atoms with Gasteiger partial charge in [-0.1, -0.05) is 54.1 Å². The van der Waals surface area contributed by atoms with Crippen molar-refractivity contribution in [1.82, 2.24) is 10.0 Å². The maximum absolute atomic E-state index is 13.8. The van der Waals surface area contributed by atoms with Gasteiger partial charge in [-0.25, -0.2) is 9.91 Å². The standard InChI is InChI=1S/C26H20ClN3O3/c27-18-10-12-19(13-11-18)29-25(32)21-22-20-9-5-4-6-16(20)14-15-28(22)30(23(21)26(29)33)24(31)17-7-2-1-3-8-17/h1-13,21-23H,14-15H2/t21-,22+,23+/m1/s1. The van der Waals surface area contributed by atoms with Crippen LogP contribution in [-0.2, 0) is 16.0 Å². The van der Waals surface area contributed by atoms with Crippen molar-refractivity contribution in [2.24, 2.45) is 5.92 Å². The molecule has 33 heavy (non-hydrogen) atoms. The molecule has 164 valence electrons. The lowest BCUT2D eigenvalue weighted by Crippen LogP contribution is -2.52. The quantitative estimate of drug-likeness (QED) is 0.548. The van der Waals surface area contributed by atoms with Gasteiger partial charge >= 0.3 is 0 Å². The predicted octanol–water partition coefficient (Wildman–Crippen LogP) is 3.87. The molecule has 0 aliphatic carbocycles. The monoisotopic (exact) mass is 457 g/mol. The van der Waals surface area contributed by atoms with Crippen molar-refractivity contribution in [2.75, 3.05) is 11.4 Å². The molecule has 0 unspecified atom stereocenters. The Morgan fingerprint density at radius 3 is 2.27 bits per heavy atom. The first kappa shape index (κ1) is 20.1. The highest BCUT2D eigenvalue weighted by Gasteiger charge is 2.64. The number of carbonyl (C=O) groups is 3. The van der Waals surface area contributed by atoms with E-state index in [4.69, 9.17) is 11.6 Å². The van der Waals surface area contributed by atoms with Crippen molar-refractivity contribution in [2.45, 2.75) is 18.5 Å². The summed E-state index contributed by atoms with van der Waals surface area (Å²) in [6.07, 6.45) is 0.744. The zero-order valence-electron chi connectivity index (χ0n) is 17.6. The third kappa shape index (κ3) is 2.95. The Kier molecular flexibility index (Phi) is 4.60. The molecule has 0 N–H and O–H groups in total. The van der Waals surface area contributed by atoms with Crippen LogP contribution in [-0.4, -0.2) is 40.3 Å². The number of hydrazine groups is 1. The Hall–Kier alpha value is -3.48. The molecule has 0 saturated carbocycles. The highest BCUT2D eigenvalue weighted by atomic mass is 35.5. The summed E-state index contributed by atoms with van der Waals surface area (Å²) in [7, 11) is 0. The van der Waals surface area contributed by atoms with E-state index in [0.717, 1.165) is 17.5 Å². The minimum absolute atomic E-state index is 0.272. The molecule has 6 nitrogen and oxygen atoms in total. The van der Waals surface area contributed by atoms with Gasteiger partial charge in [-0.15, -0.1) is 0 Å². The molecule has 3 aliphatic rings. The normalized spacial score (nSPS) is 24.0. The summed E-state index contributed by atoms with van der Waals surface area (Å²) in [4.78, 5) is 42.4. The van der Waals surface area contributed by atoms with Crippen LogP contribution in [0.4, 0.5) is 5.69 Å². The number of anilines is 1. The molecule has 2 saturated heterocycles. The summed E-state index contributed by atoms with van der Waals surface area (Å²) in [5, 5.41) is 3.99. The van der Waals surface area contributed by atoms with Crippen LogP contribution in [0.3, 0.4) is 0 Å². The van der Waals surface area contributed by atoms with Crippen LogP contribution in [0.25, 0.3) is 0 Å². The van der Waals surface area contributed by atoms with Crippen molar-refractivity contribution in [3.63, 3.8) is 0 Å². The Morgan fingerprint density at radius 1 is 0.818 bits per heavy atom. The number of fused-ring (bicyclic) bond motifs is 5. The Morgan fingerprint density at radius 2 is 1.52 bits per heavy atom. The molecule has 3 aromatic rings. The maximum Gasteiger partial charge on any atom is 0.268 e. The molecule has 3 amide bonds. The van der Waals surface area contributed by atoms with E-state index >= 15 is 0 Å². The number of rotatable bonds is 2. The van der Waals surface area contributed by atoms with Crippen LogP contribution in [0.1, 0.15) is 27.5 Å². The topological polar surface area (TPSA) is 60.9 Å². The largest absolute Gasteiger partial charge is 0.274 e. The predicted molar refractivity (Wildman–Crippen MR) is 123 cm³/mol. The van der Waals surface area contributed by atoms with Crippen LogP contribution >= 0.6 is 11.6 Å². The van der Waals surface area contributed by atoms with E-state index in [2.05, 4.69) is 6.07 Å². The number of nitrogens with zero attached hydrogens (tertiary/aromatic N) is 3. The minimum atomic E-state index is -0.892. The summed E-state index contributed by atoms with van der Waals surface area (Å²) < 4.78 is 0. The third-order valence-corrected chi connectivity index (χ3v) is 7.07. The van der Waals surface area contributed by atoms with Crippen LogP contribution in [0.2, 0.25) is 5.02 Å². The van der Waals surface area contributed by atoms with Gasteiger partial charge in [-0.3, -0.25) is 19.4 Å². The van der Waals surface area contributed by atoms with Gasteiger partial charge in [0, 0.05) is 17.1 Å². The van der Waals surface area contributed by atoms with Crippen molar-refractivity contribution in [3.05, 3.63) is 101 Å². The average Bonchev–Trinajstić information content (AvgIpc) is 3.32. The number of hydrogen-bond acceptors (Lipinski definition) is 4. The van der Waals surface area contributed by atoms with Gasteiger partial charge in [0.25, 0.3) is 11.8 Å². The Labute approximate surface area is 195 Å². The van der Waals surface area contributed by atoms with Crippen molar-refractivity contribution < 1.29 is 14.4 Å². The van der Waals surface area contributed by atoms with E-state index in [-0.39, 0.29) is 23.8 Å². The van der Waals surface area contributed by atoms with Gasteiger partial charge in [0.1, 0.15) is 6.04 Å². The van der Waals surface area contributed by atoms with Gasteiger partial charge in [0.15, 0.2) is 0 Å². The molecule has 0 aromatic heterocycles. The number of halogens is 1. The highest BCUT2D eigenvalue weighted by molar-refractivity contribution is 6.31. The molecule has 3 atom stereocenters. The van der Waals surface area contributed by atoms with Crippen LogP contribution in [0, 0.1) is 5.92 Å². The first-order valence-corrected chi connectivity index (χ1v) is 11.3. The second-order valence-corrected chi connectivity index (χ2v) is 8.97. The smallest absolute Gasteiger partial charge is 0.268 e. The number of imide groups is 1. The molecular formula is C26H20ClN3O3. The average molecular weight is 458 g/mol. The molecule has 3 heterocycles. The second-order valence-electron chi connectivity index (χ2n) is 8.53. The van der Waals surface area contributed by atoms with Crippen LogP contribution < -0.4 is 4.90 Å². The summed E-state index contributed by atoms with van der Waals surface area (Å²) >= 11 is 6.02. The summed E-state index contributed by atoms with van der Waals surface area (Å²) in [6.45, 7) is 0.564. The first-order chi connectivity index (χ1) is 16.1.